The van der Waals surface area contributed by atoms with Crippen molar-refractivity contribution < 1.29 is 35.4 Å². The van der Waals surface area contributed by atoms with Crippen LogP contribution >= 0.6 is 0 Å². The minimum atomic E-state index is -2.70. The number of hydrogen-bond acceptors (Lipinski definition) is 7. The number of ketones is 1. The minimum absolute atomic E-state index is 0.881. The standard InChI is InChI=1S/C8H16O7/c1-4(11)8(15,6(13)3-10)7(14)5(12)2-9/h5-7,9-10,12-15H,2-3H2,1H3/t5-,6+,7+,8-/m1/s1. The van der Waals surface area contributed by atoms with E-state index in [1.54, 1.807) is 0 Å². The molecule has 4 atom stereocenters. The van der Waals surface area contributed by atoms with E-state index in [1.807, 2.05) is 0 Å². The van der Waals surface area contributed by atoms with Gasteiger partial charge in [-0.3, -0.25) is 4.79 Å². The fourth-order valence-electron chi connectivity index (χ4n) is 1.17. The molecule has 0 aliphatic carbocycles. The SMILES string of the molecule is CC(=O)[C@@](O)([C@@H](O)CO)[C@@H](O)[C@H](O)CO. The van der Waals surface area contributed by atoms with Gasteiger partial charge in [-0.1, -0.05) is 0 Å². The molecule has 7 heteroatoms. The molecule has 7 nitrogen and oxygen atoms in total. The van der Waals surface area contributed by atoms with E-state index in [9.17, 15) is 20.1 Å². The van der Waals surface area contributed by atoms with Gasteiger partial charge in [-0.2, -0.15) is 0 Å². The first-order chi connectivity index (χ1) is 6.82. The van der Waals surface area contributed by atoms with E-state index in [1.165, 1.54) is 0 Å². The molecule has 0 amide bonds. The highest BCUT2D eigenvalue weighted by molar-refractivity contribution is 5.86. The Hall–Kier alpha value is -0.570. The van der Waals surface area contributed by atoms with Crippen LogP contribution in [0.25, 0.3) is 0 Å². The third-order valence-electron chi connectivity index (χ3n) is 2.25. The maximum Gasteiger partial charge on any atom is 0.179 e. The molecule has 0 saturated heterocycles. The fourth-order valence-corrected chi connectivity index (χ4v) is 1.17. The highest BCUT2D eigenvalue weighted by Crippen LogP contribution is 2.20. The molecule has 0 heterocycles. The lowest BCUT2D eigenvalue weighted by Gasteiger charge is -2.35. The third-order valence-corrected chi connectivity index (χ3v) is 2.25. The zero-order chi connectivity index (χ0) is 12.2. The van der Waals surface area contributed by atoms with Crippen LogP contribution in [-0.4, -0.2) is 73.5 Å². The third kappa shape index (κ3) is 2.71. The maximum absolute atomic E-state index is 11.1. The largest absolute Gasteiger partial charge is 0.394 e. The summed E-state index contributed by atoms with van der Waals surface area (Å²) in [7, 11) is 0. The minimum Gasteiger partial charge on any atom is -0.394 e. The van der Waals surface area contributed by atoms with Gasteiger partial charge in [0, 0.05) is 0 Å². The van der Waals surface area contributed by atoms with Crippen molar-refractivity contribution in [2.45, 2.75) is 30.8 Å². The van der Waals surface area contributed by atoms with E-state index in [0.29, 0.717) is 0 Å². The van der Waals surface area contributed by atoms with E-state index in [-0.39, 0.29) is 0 Å². The van der Waals surface area contributed by atoms with Crippen LogP contribution in [0.1, 0.15) is 6.92 Å². The van der Waals surface area contributed by atoms with Crippen LogP contribution in [0.5, 0.6) is 0 Å². The van der Waals surface area contributed by atoms with Gasteiger partial charge in [0.1, 0.15) is 18.3 Å². The molecule has 0 aliphatic heterocycles. The summed E-state index contributed by atoms with van der Waals surface area (Å²) >= 11 is 0. The average Bonchev–Trinajstić information content (AvgIpc) is 2.24. The normalized spacial score (nSPS) is 21.5. The molecule has 0 aromatic rings. The molecular weight excluding hydrogens is 208 g/mol. The highest BCUT2D eigenvalue weighted by atomic mass is 16.4. The molecule has 15 heavy (non-hydrogen) atoms. The van der Waals surface area contributed by atoms with Crippen LogP contribution in [0.4, 0.5) is 0 Å². The van der Waals surface area contributed by atoms with Crippen molar-refractivity contribution in [3.8, 4) is 0 Å². The number of carbonyl (C=O) groups excluding carboxylic acids is 1. The zero-order valence-electron chi connectivity index (χ0n) is 8.24. The van der Waals surface area contributed by atoms with E-state index in [2.05, 4.69) is 0 Å². The van der Waals surface area contributed by atoms with Crippen LogP contribution in [0.15, 0.2) is 0 Å². The number of rotatable bonds is 6. The van der Waals surface area contributed by atoms with Gasteiger partial charge in [0.2, 0.25) is 0 Å². The van der Waals surface area contributed by atoms with Crippen LogP contribution in [-0.2, 0) is 4.79 Å². The lowest BCUT2D eigenvalue weighted by atomic mass is 9.84. The van der Waals surface area contributed by atoms with Gasteiger partial charge in [0.05, 0.1) is 13.2 Å². The van der Waals surface area contributed by atoms with Crippen molar-refractivity contribution in [2.24, 2.45) is 0 Å². The summed E-state index contributed by atoms with van der Waals surface area (Å²) in [4.78, 5) is 11.1. The van der Waals surface area contributed by atoms with Crippen molar-refractivity contribution in [2.75, 3.05) is 13.2 Å². The molecule has 0 aromatic heterocycles. The van der Waals surface area contributed by atoms with Crippen molar-refractivity contribution in [3.05, 3.63) is 0 Å². The van der Waals surface area contributed by atoms with E-state index in [0.717, 1.165) is 6.92 Å². The number of hydrogen-bond donors (Lipinski definition) is 6. The van der Waals surface area contributed by atoms with Gasteiger partial charge in [0.25, 0.3) is 0 Å². The van der Waals surface area contributed by atoms with Gasteiger partial charge in [-0.25, -0.2) is 0 Å². The Morgan fingerprint density at radius 3 is 1.93 bits per heavy atom. The van der Waals surface area contributed by atoms with Crippen LogP contribution in [0.2, 0.25) is 0 Å². The molecule has 0 bridgehead atoms. The summed E-state index contributed by atoms with van der Waals surface area (Å²) in [6.07, 6.45) is -5.81. The van der Waals surface area contributed by atoms with E-state index in [4.69, 9.17) is 15.3 Å². The first kappa shape index (κ1) is 14.4. The molecule has 0 fully saturated rings. The summed E-state index contributed by atoms with van der Waals surface area (Å²) in [6, 6.07) is 0. The van der Waals surface area contributed by atoms with E-state index < -0.39 is 42.9 Å². The fraction of sp³-hybridized carbons (Fsp3) is 0.875. The smallest absolute Gasteiger partial charge is 0.179 e. The second-order valence-corrected chi connectivity index (χ2v) is 3.27. The maximum atomic E-state index is 11.1. The van der Waals surface area contributed by atoms with Crippen molar-refractivity contribution in [1.29, 1.82) is 0 Å². The van der Waals surface area contributed by atoms with Gasteiger partial charge in [-0.05, 0) is 6.92 Å². The summed E-state index contributed by atoms with van der Waals surface area (Å²) in [5, 5.41) is 54.4. The summed E-state index contributed by atoms with van der Waals surface area (Å²) in [5.41, 5.74) is -2.70. The predicted octanol–water partition coefficient (Wildman–Crippen LogP) is -3.63. The summed E-state index contributed by atoms with van der Waals surface area (Å²) in [6.45, 7) is -0.980. The van der Waals surface area contributed by atoms with Crippen molar-refractivity contribution in [3.63, 3.8) is 0 Å². The predicted molar refractivity (Wildman–Crippen MR) is 47.8 cm³/mol. The number of aliphatic hydroxyl groups is 6. The molecule has 0 saturated carbocycles. The first-order valence-corrected chi connectivity index (χ1v) is 4.31. The van der Waals surface area contributed by atoms with E-state index >= 15 is 0 Å². The second-order valence-electron chi connectivity index (χ2n) is 3.27. The molecular formula is C8H16O7. The second kappa shape index (κ2) is 5.50. The Balaban J connectivity index is 5.02. The Kier molecular flexibility index (Phi) is 5.29. The van der Waals surface area contributed by atoms with Gasteiger partial charge >= 0.3 is 0 Å². The summed E-state index contributed by atoms with van der Waals surface area (Å²) in [5.74, 6) is -1.02. The Morgan fingerprint density at radius 2 is 1.67 bits per heavy atom. The van der Waals surface area contributed by atoms with Crippen molar-refractivity contribution in [1.82, 2.24) is 0 Å². The van der Waals surface area contributed by atoms with Crippen LogP contribution in [0, 0.1) is 0 Å². The number of Topliss-reactive ketones (excluding diaryl/α,β-unsaturated/α-hetero) is 1. The molecule has 0 aliphatic rings. The Labute approximate surface area is 86.2 Å². The van der Waals surface area contributed by atoms with Crippen LogP contribution < -0.4 is 0 Å². The summed E-state index contributed by atoms with van der Waals surface area (Å²) < 4.78 is 0. The number of aliphatic hydroxyl groups excluding tert-OH is 5. The molecule has 90 valence electrons. The highest BCUT2D eigenvalue weighted by Gasteiger charge is 2.49. The van der Waals surface area contributed by atoms with Crippen LogP contribution in [0.3, 0.4) is 0 Å². The Morgan fingerprint density at radius 1 is 1.20 bits per heavy atom. The topological polar surface area (TPSA) is 138 Å². The van der Waals surface area contributed by atoms with Gasteiger partial charge in [-0.15, -0.1) is 0 Å². The molecule has 0 aromatic carbocycles. The molecule has 6 N–H and O–H groups in total. The van der Waals surface area contributed by atoms with Crippen molar-refractivity contribution >= 4 is 5.78 Å². The monoisotopic (exact) mass is 224 g/mol. The number of carbonyl (C=O) groups is 1. The average molecular weight is 224 g/mol. The quantitative estimate of drug-likeness (QED) is 0.274. The molecule has 0 rings (SSSR count). The molecule has 0 radical (unpaired) electrons. The lowest BCUT2D eigenvalue weighted by Crippen LogP contribution is -2.62. The first-order valence-electron chi connectivity index (χ1n) is 4.31. The Bertz CT molecular complexity index is 219. The zero-order valence-corrected chi connectivity index (χ0v) is 8.24. The lowest BCUT2D eigenvalue weighted by molar-refractivity contribution is -0.194. The van der Waals surface area contributed by atoms with Gasteiger partial charge in [0.15, 0.2) is 11.4 Å². The van der Waals surface area contributed by atoms with Gasteiger partial charge < -0.3 is 30.6 Å². The molecule has 0 spiro atoms. The molecule has 0 unspecified atom stereocenters.